The summed E-state index contributed by atoms with van der Waals surface area (Å²) in [6, 6.07) is 4.82. The molecular formula is C14H19F3N2O. The topological polar surface area (TPSA) is 38.5 Å². The molecule has 3 nitrogen and oxygen atoms in total. The van der Waals surface area contributed by atoms with Gasteiger partial charge in [0.15, 0.2) is 0 Å². The number of likely N-dealkylation sites (tertiary alicyclic amines) is 1. The van der Waals surface area contributed by atoms with Crippen LogP contribution >= 0.6 is 0 Å². The van der Waals surface area contributed by atoms with Crippen molar-refractivity contribution in [2.45, 2.75) is 24.7 Å². The Labute approximate surface area is 116 Å². The van der Waals surface area contributed by atoms with Crippen LogP contribution in [0.15, 0.2) is 24.3 Å². The van der Waals surface area contributed by atoms with Crippen LogP contribution in [-0.2, 0) is 10.9 Å². The second-order valence-electron chi connectivity index (χ2n) is 5.14. The van der Waals surface area contributed by atoms with Crippen molar-refractivity contribution in [2.75, 3.05) is 26.7 Å². The predicted octanol–water partition coefficient (Wildman–Crippen LogP) is 2.43. The molecule has 1 aliphatic heterocycles. The van der Waals surface area contributed by atoms with Gasteiger partial charge in [0.1, 0.15) is 0 Å². The van der Waals surface area contributed by atoms with E-state index in [1.807, 2.05) is 0 Å². The average Bonchev–Trinajstić information content (AvgIpc) is 2.85. The Balaban J connectivity index is 2.01. The molecule has 0 saturated carbocycles. The molecule has 0 aromatic heterocycles. The number of benzene rings is 1. The van der Waals surface area contributed by atoms with Gasteiger partial charge in [0.2, 0.25) is 0 Å². The van der Waals surface area contributed by atoms with Gasteiger partial charge < -0.3 is 10.5 Å². The molecule has 0 bridgehead atoms. The highest BCUT2D eigenvalue weighted by molar-refractivity contribution is 5.28. The van der Waals surface area contributed by atoms with E-state index in [9.17, 15) is 13.2 Å². The minimum Gasteiger partial charge on any atom is -0.380 e. The molecule has 112 valence electrons. The summed E-state index contributed by atoms with van der Waals surface area (Å²) < 4.78 is 43.3. The van der Waals surface area contributed by atoms with Crippen LogP contribution in [0.2, 0.25) is 0 Å². The van der Waals surface area contributed by atoms with Crippen LogP contribution in [0, 0.1) is 0 Å². The molecule has 1 aromatic carbocycles. The maximum atomic E-state index is 12.7. The first-order valence-electron chi connectivity index (χ1n) is 6.58. The molecule has 0 amide bonds. The summed E-state index contributed by atoms with van der Waals surface area (Å²) >= 11 is 0. The summed E-state index contributed by atoms with van der Waals surface area (Å²) in [7, 11) is 1.67. The molecule has 2 N–H and O–H groups in total. The summed E-state index contributed by atoms with van der Waals surface area (Å²) in [5, 5.41) is 0. The van der Waals surface area contributed by atoms with E-state index in [0.29, 0.717) is 12.1 Å². The molecule has 2 rings (SSSR count). The lowest BCUT2D eigenvalue weighted by molar-refractivity contribution is -0.137. The number of hydrogen-bond donors (Lipinski definition) is 1. The quantitative estimate of drug-likeness (QED) is 0.924. The van der Waals surface area contributed by atoms with Crippen LogP contribution in [0.4, 0.5) is 13.2 Å². The van der Waals surface area contributed by atoms with Crippen molar-refractivity contribution >= 4 is 0 Å². The van der Waals surface area contributed by atoms with Crippen LogP contribution < -0.4 is 5.73 Å². The van der Waals surface area contributed by atoms with Crippen molar-refractivity contribution in [3.63, 3.8) is 0 Å². The second kappa shape index (κ2) is 6.11. The van der Waals surface area contributed by atoms with Gasteiger partial charge in [-0.2, -0.15) is 13.2 Å². The summed E-state index contributed by atoms with van der Waals surface area (Å²) in [5.74, 6) is 0. The molecule has 0 radical (unpaired) electrons. The highest BCUT2D eigenvalue weighted by Gasteiger charge is 2.31. The van der Waals surface area contributed by atoms with Crippen molar-refractivity contribution < 1.29 is 17.9 Å². The van der Waals surface area contributed by atoms with Gasteiger partial charge in [0.25, 0.3) is 0 Å². The Bertz CT molecular complexity index is 450. The maximum absolute atomic E-state index is 12.7. The van der Waals surface area contributed by atoms with Crippen LogP contribution in [0.25, 0.3) is 0 Å². The molecule has 1 heterocycles. The number of hydrogen-bond acceptors (Lipinski definition) is 3. The molecule has 1 fully saturated rings. The van der Waals surface area contributed by atoms with Gasteiger partial charge >= 0.3 is 6.18 Å². The fourth-order valence-electron chi connectivity index (χ4n) is 2.48. The van der Waals surface area contributed by atoms with Gasteiger partial charge in [-0.05, 0) is 24.1 Å². The average molecular weight is 288 g/mol. The molecule has 0 spiro atoms. The van der Waals surface area contributed by atoms with Crippen molar-refractivity contribution in [3.8, 4) is 0 Å². The fourth-order valence-corrected chi connectivity index (χ4v) is 2.48. The van der Waals surface area contributed by atoms with E-state index in [1.54, 1.807) is 13.2 Å². The Hall–Kier alpha value is -1.11. The second-order valence-corrected chi connectivity index (χ2v) is 5.14. The number of alkyl halides is 3. The highest BCUT2D eigenvalue weighted by atomic mass is 19.4. The third kappa shape index (κ3) is 3.71. The van der Waals surface area contributed by atoms with Gasteiger partial charge in [0, 0.05) is 32.8 Å². The lowest BCUT2D eigenvalue weighted by atomic mass is 10.0. The molecule has 6 heteroatoms. The smallest absolute Gasteiger partial charge is 0.380 e. The van der Waals surface area contributed by atoms with Crippen LogP contribution in [0.5, 0.6) is 0 Å². The van der Waals surface area contributed by atoms with E-state index in [4.69, 9.17) is 10.5 Å². The van der Waals surface area contributed by atoms with Crippen molar-refractivity contribution in [1.82, 2.24) is 4.90 Å². The third-order valence-electron chi connectivity index (χ3n) is 3.66. The molecule has 1 saturated heterocycles. The Morgan fingerprint density at radius 2 is 2.20 bits per heavy atom. The number of nitrogens with zero attached hydrogens (tertiary/aromatic N) is 1. The van der Waals surface area contributed by atoms with Crippen LogP contribution in [0.3, 0.4) is 0 Å². The molecular weight excluding hydrogens is 269 g/mol. The SMILES string of the molecule is COC1CCN(CC(N)c2cccc(C(F)(F)F)c2)C1. The Morgan fingerprint density at radius 3 is 2.80 bits per heavy atom. The summed E-state index contributed by atoms with van der Waals surface area (Å²) in [6.45, 7) is 2.19. The molecule has 2 unspecified atom stereocenters. The highest BCUT2D eigenvalue weighted by Crippen LogP contribution is 2.30. The zero-order valence-corrected chi connectivity index (χ0v) is 11.4. The fraction of sp³-hybridized carbons (Fsp3) is 0.571. The normalized spacial score (nSPS) is 22.1. The van der Waals surface area contributed by atoms with E-state index in [0.717, 1.165) is 31.6 Å². The summed E-state index contributed by atoms with van der Waals surface area (Å²) in [4.78, 5) is 2.12. The van der Waals surface area contributed by atoms with E-state index in [-0.39, 0.29) is 6.10 Å². The number of ether oxygens (including phenoxy) is 1. The summed E-state index contributed by atoms with van der Waals surface area (Å²) in [5.41, 5.74) is 5.89. The number of methoxy groups -OCH3 is 1. The first-order valence-corrected chi connectivity index (χ1v) is 6.58. The van der Waals surface area contributed by atoms with Gasteiger partial charge in [0.05, 0.1) is 11.7 Å². The van der Waals surface area contributed by atoms with Gasteiger partial charge in [-0.3, -0.25) is 4.90 Å². The minimum atomic E-state index is -4.33. The van der Waals surface area contributed by atoms with E-state index < -0.39 is 17.8 Å². The Morgan fingerprint density at radius 1 is 1.45 bits per heavy atom. The minimum absolute atomic E-state index is 0.198. The number of halogens is 3. The lowest BCUT2D eigenvalue weighted by Gasteiger charge is -2.21. The van der Waals surface area contributed by atoms with Crippen LogP contribution in [-0.4, -0.2) is 37.7 Å². The van der Waals surface area contributed by atoms with Gasteiger partial charge in [-0.25, -0.2) is 0 Å². The van der Waals surface area contributed by atoms with E-state index in [2.05, 4.69) is 4.90 Å². The zero-order valence-electron chi connectivity index (χ0n) is 11.4. The van der Waals surface area contributed by atoms with E-state index in [1.165, 1.54) is 6.07 Å². The van der Waals surface area contributed by atoms with Crippen molar-refractivity contribution in [1.29, 1.82) is 0 Å². The van der Waals surface area contributed by atoms with Crippen molar-refractivity contribution in [2.24, 2.45) is 5.73 Å². The zero-order chi connectivity index (χ0) is 14.8. The molecule has 1 aromatic rings. The first-order chi connectivity index (χ1) is 9.40. The largest absolute Gasteiger partial charge is 0.416 e. The predicted molar refractivity (Wildman–Crippen MR) is 70.2 cm³/mol. The molecule has 2 atom stereocenters. The van der Waals surface area contributed by atoms with E-state index >= 15 is 0 Å². The molecule has 1 aliphatic rings. The maximum Gasteiger partial charge on any atom is 0.416 e. The van der Waals surface area contributed by atoms with Gasteiger partial charge in [-0.1, -0.05) is 12.1 Å². The lowest BCUT2D eigenvalue weighted by Crippen LogP contribution is -2.31. The third-order valence-corrected chi connectivity index (χ3v) is 3.66. The molecule has 20 heavy (non-hydrogen) atoms. The standard InChI is InChI=1S/C14H19F3N2O/c1-20-12-5-6-19(8-12)9-13(18)10-3-2-4-11(7-10)14(15,16)17/h2-4,7,12-13H,5-6,8-9,18H2,1H3. The number of rotatable bonds is 4. The van der Waals surface area contributed by atoms with Gasteiger partial charge in [-0.15, -0.1) is 0 Å². The van der Waals surface area contributed by atoms with Crippen molar-refractivity contribution in [3.05, 3.63) is 35.4 Å². The monoisotopic (exact) mass is 288 g/mol. The number of nitrogens with two attached hydrogens (primary N) is 1. The Kier molecular flexibility index (Phi) is 4.67. The van der Waals surface area contributed by atoms with Crippen LogP contribution in [0.1, 0.15) is 23.6 Å². The first kappa shape index (κ1) is 15.3. The molecule has 0 aliphatic carbocycles. The summed E-state index contributed by atoms with van der Waals surface area (Å²) in [6.07, 6.45) is -3.19.